The third kappa shape index (κ3) is 2.86. The number of aromatic nitrogens is 3. The molecule has 4 aromatic rings. The molecule has 0 saturated heterocycles. The highest BCUT2D eigenvalue weighted by Gasteiger charge is 2.14. The number of anilines is 2. The van der Waals surface area contributed by atoms with Crippen molar-refractivity contribution in [2.45, 2.75) is 0 Å². The van der Waals surface area contributed by atoms with E-state index in [4.69, 9.17) is 16.3 Å². The third-order valence-electron chi connectivity index (χ3n) is 4.22. The number of halogens is 1. The molecule has 0 fully saturated rings. The number of methoxy groups -OCH3 is 1. The number of ether oxygens (including phenoxy) is 1. The van der Waals surface area contributed by atoms with Gasteiger partial charge in [-0.2, -0.15) is 5.10 Å². The van der Waals surface area contributed by atoms with Gasteiger partial charge < -0.3 is 10.1 Å². The third-order valence-corrected chi connectivity index (χ3v) is 4.62. The van der Waals surface area contributed by atoms with Crippen LogP contribution in [0.3, 0.4) is 0 Å². The van der Waals surface area contributed by atoms with Crippen LogP contribution < -0.4 is 10.1 Å². The molecule has 2 heterocycles. The molecular weight excluding hydrogens is 348 g/mol. The molecule has 26 heavy (non-hydrogen) atoms. The van der Waals surface area contributed by atoms with Crippen molar-refractivity contribution in [1.29, 1.82) is 0 Å². The summed E-state index contributed by atoms with van der Waals surface area (Å²) in [5.41, 5.74) is 4.43. The van der Waals surface area contributed by atoms with Crippen molar-refractivity contribution >= 4 is 34.1 Å². The van der Waals surface area contributed by atoms with Gasteiger partial charge in [0.2, 0.25) is 5.88 Å². The van der Waals surface area contributed by atoms with Crippen LogP contribution in [-0.4, -0.2) is 21.9 Å². The summed E-state index contributed by atoms with van der Waals surface area (Å²) in [4.78, 5) is 4.51. The second-order valence-corrected chi connectivity index (χ2v) is 6.23. The Labute approximate surface area is 156 Å². The minimum Gasteiger partial charge on any atom is -0.481 e. The SMILES string of the molecule is COc1ccc2c(n1)c(Nc1cccc(-c3ccccc3)c1Cl)nn2C. The fraction of sp³-hybridized carbons (Fsp3) is 0.100. The molecule has 6 heteroatoms. The van der Waals surface area contributed by atoms with E-state index < -0.39 is 0 Å². The van der Waals surface area contributed by atoms with Crippen molar-refractivity contribution in [3.05, 3.63) is 65.7 Å². The fourth-order valence-electron chi connectivity index (χ4n) is 2.92. The highest BCUT2D eigenvalue weighted by molar-refractivity contribution is 6.36. The smallest absolute Gasteiger partial charge is 0.213 e. The van der Waals surface area contributed by atoms with Crippen LogP contribution in [-0.2, 0) is 7.05 Å². The molecule has 0 aliphatic heterocycles. The second kappa shape index (κ2) is 6.69. The summed E-state index contributed by atoms with van der Waals surface area (Å²) in [6, 6.07) is 19.7. The van der Waals surface area contributed by atoms with E-state index >= 15 is 0 Å². The number of hydrogen-bond acceptors (Lipinski definition) is 4. The van der Waals surface area contributed by atoms with Crippen LogP contribution in [0.25, 0.3) is 22.2 Å². The molecule has 5 nitrogen and oxygen atoms in total. The maximum atomic E-state index is 6.67. The zero-order chi connectivity index (χ0) is 18.1. The quantitative estimate of drug-likeness (QED) is 0.551. The molecule has 2 aromatic heterocycles. The van der Waals surface area contributed by atoms with Gasteiger partial charge in [0.15, 0.2) is 5.82 Å². The maximum absolute atomic E-state index is 6.67. The Morgan fingerprint density at radius 3 is 2.58 bits per heavy atom. The molecule has 2 aromatic carbocycles. The molecule has 0 atom stereocenters. The van der Waals surface area contributed by atoms with Crippen molar-refractivity contribution in [1.82, 2.24) is 14.8 Å². The Bertz CT molecular complexity index is 1080. The molecule has 1 N–H and O–H groups in total. The first-order chi connectivity index (χ1) is 12.7. The summed E-state index contributed by atoms with van der Waals surface area (Å²) < 4.78 is 7.01. The number of fused-ring (bicyclic) bond motifs is 1. The van der Waals surface area contributed by atoms with Crippen LogP contribution in [0.1, 0.15) is 0 Å². The molecule has 0 aliphatic carbocycles. The molecule has 0 spiro atoms. The Hall–Kier alpha value is -3.05. The predicted octanol–water partition coefficient (Wildman–Crippen LogP) is 5.04. The minimum absolute atomic E-state index is 0.540. The zero-order valence-electron chi connectivity index (χ0n) is 14.4. The highest BCUT2D eigenvalue weighted by Crippen LogP contribution is 2.36. The standard InChI is InChI=1S/C20H17ClN4O/c1-25-16-11-12-17(26-2)23-19(16)20(24-25)22-15-10-6-9-14(18(15)21)13-7-4-3-5-8-13/h3-12H,1-2H3,(H,22,24). The van der Waals surface area contributed by atoms with E-state index in [9.17, 15) is 0 Å². The van der Waals surface area contributed by atoms with E-state index in [-0.39, 0.29) is 0 Å². The molecule has 4 rings (SSSR count). The molecule has 0 aliphatic rings. The highest BCUT2D eigenvalue weighted by atomic mass is 35.5. The predicted molar refractivity (Wildman–Crippen MR) is 105 cm³/mol. The molecule has 130 valence electrons. The minimum atomic E-state index is 0.540. The van der Waals surface area contributed by atoms with Crippen LogP contribution in [0.5, 0.6) is 5.88 Å². The molecule has 0 bridgehead atoms. The summed E-state index contributed by atoms with van der Waals surface area (Å²) in [5, 5.41) is 8.49. The lowest BCUT2D eigenvalue weighted by Gasteiger charge is -2.11. The van der Waals surface area contributed by atoms with Crippen LogP contribution in [0.2, 0.25) is 5.02 Å². The molecule has 0 saturated carbocycles. The first-order valence-electron chi connectivity index (χ1n) is 8.16. The van der Waals surface area contributed by atoms with Crippen molar-refractivity contribution < 1.29 is 4.74 Å². The number of rotatable bonds is 4. The van der Waals surface area contributed by atoms with Gasteiger partial charge in [0.05, 0.1) is 23.3 Å². The fourth-order valence-corrected chi connectivity index (χ4v) is 3.20. The van der Waals surface area contributed by atoms with Gasteiger partial charge in [0, 0.05) is 18.7 Å². The number of aryl methyl sites for hydroxylation is 1. The maximum Gasteiger partial charge on any atom is 0.213 e. The van der Waals surface area contributed by atoms with E-state index in [1.165, 1.54) is 0 Å². The van der Waals surface area contributed by atoms with Crippen LogP contribution in [0.15, 0.2) is 60.7 Å². The largest absolute Gasteiger partial charge is 0.481 e. The Morgan fingerprint density at radius 1 is 1.00 bits per heavy atom. The van der Waals surface area contributed by atoms with Crippen LogP contribution in [0.4, 0.5) is 11.5 Å². The van der Waals surface area contributed by atoms with Crippen LogP contribution >= 0.6 is 11.6 Å². The van der Waals surface area contributed by atoms with Gasteiger partial charge >= 0.3 is 0 Å². The van der Waals surface area contributed by atoms with E-state index in [1.54, 1.807) is 11.8 Å². The summed E-state index contributed by atoms with van der Waals surface area (Å²) in [7, 11) is 3.47. The average molecular weight is 365 g/mol. The summed E-state index contributed by atoms with van der Waals surface area (Å²) >= 11 is 6.67. The van der Waals surface area contributed by atoms with Crippen molar-refractivity contribution in [3.8, 4) is 17.0 Å². The zero-order valence-corrected chi connectivity index (χ0v) is 15.2. The van der Waals surface area contributed by atoms with Crippen molar-refractivity contribution in [2.24, 2.45) is 7.05 Å². The Balaban J connectivity index is 1.78. The monoisotopic (exact) mass is 364 g/mol. The normalized spacial score (nSPS) is 10.9. The van der Waals surface area contributed by atoms with E-state index in [2.05, 4.69) is 15.4 Å². The van der Waals surface area contributed by atoms with Crippen molar-refractivity contribution in [3.63, 3.8) is 0 Å². The van der Waals surface area contributed by atoms with E-state index in [0.717, 1.165) is 27.8 Å². The van der Waals surface area contributed by atoms with Gasteiger partial charge in [0.25, 0.3) is 0 Å². The molecule has 0 amide bonds. The lowest BCUT2D eigenvalue weighted by Crippen LogP contribution is -1.96. The van der Waals surface area contributed by atoms with Gasteiger partial charge in [-0.1, -0.05) is 54.1 Å². The van der Waals surface area contributed by atoms with Gasteiger partial charge in [-0.3, -0.25) is 4.68 Å². The molecular formula is C20H17ClN4O. The summed E-state index contributed by atoms with van der Waals surface area (Å²) in [6.07, 6.45) is 0. The summed E-state index contributed by atoms with van der Waals surface area (Å²) in [5.74, 6) is 1.17. The van der Waals surface area contributed by atoms with Crippen molar-refractivity contribution in [2.75, 3.05) is 12.4 Å². The van der Waals surface area contributed by atoms with Crippen LogP contribution in [0, 0.1) is 0 Å². The number of nitrogens with one attached hydrogen (secondary N) is 1. The molecule has 0 radical (unpaired) electrons. The summed E-state index contributed by atoms with van der Waals surface area (Å²) in [6.45, 7) is 0. The first kappa shape index (κ1) is 16.4. The lowest BCUT2D eigenvalue weighted by molar-refractivity contribution is 0.399. The number of pyridine rings is 1. The van der Waals surface area contributed by atoms with Gasteiger partial charge in [-0.15, -0.1) is 0 Å². The van der Waals surface area contributed by atoms with Gasteiger partial charge in [-0.05, 0) is 17.7 Å². The van der Waals surface area contributed by atoms with Gasteiger partial charge in [-0.25, -0.2) is 4.98 Å². The lowest BCUT2D eigenvalue weighted by atomic mass is 10.1. The average Bonchev–Trinajstić information content (AvgIpc) is 2.99. The van der Waals surface area contributed by atoms with E-state index in [0.29, 0.717) is 16.7 Å². The number of benzene rings is 2. The number of hydrogen-bond donors (Lipinski definition) is 1. The first-order valence-corrected chi connectivity index (χ1v) is 8.54. The second-order valence-electron chi connectivity index (χ2n) is 5.85. The Morgan fingerprint density at radius 2 is 1.81 bits per heavy atom. The van der Waals surface area contributed by atoms with E-state index in [1.807, 2.05) is 67.7 Å². The van der Waals surface area contributed by atoms with Gasteiger partial charge in [0.1, 0.15) is 5.52 Å². The topological polar surface area (TPSA) is 52.0 Å². The Kier molecular flexibility index (Phi) is 4.22. The molecule has 0 unspecified atom stereocenters. The number of nitrogens with zero attached hydrogens (tertiary/aromatic N) is 3.